The van der Waals surface area contributed by atoms with Gasteiger partial charge in [0.15, 0.2) is 6.61 Å². The Kier molecular flexibility index (Phi) is 5.11. The average Bonchev–Trinajstić information content (AvgIpc) is 2.91. The third kappa shape index (κ3) is 3.49. The first kappa shape index (κ1) is 17.8. The summed E-state index contributed by atoms with van der Waals surface area (Å²) >= 11 is 0. The number of nitrogens with zero attached hydrogens (tertiary/aromatic N) is 1. The molecule has 0 bridgehead atoms. The van der Waals surface area contributed by atoms with Crippen LogP contribution in [0.25, 0.3) is 0 Å². The van der Waals surface area contributed by atoms with Gasteiger partial charge in [0.1, 0.15) is 11.5 Å². The lowest BCUT2D eigenvalue weighted by molar-refractivity contribution is -0.137. The second-order valence-corrected chi connectivity index (χ2v) is 6.24. The average molecular weight is 355 g/mol. The van der Waals surface area contributed by atoms with Crippen molar-refractivity contribution in [3.05, 3.63) is 54.1 Å². The van der Waals surface area contributed by atoms with Crippen LogP contribution in [0.3, 0.4) is 0 Å². The Balaban J connectivity index is 1.85. The number of ether oxygens (including phenoxy) is 2. The number of amides is 1. The predicted octanol–water partition coefficient (Wildman–Crippen LogP) is 3.07. The van der Waals surface area contributed by atoms with E-state index in [0.717, 1.165) is 5.56 Å². The highest BCUT2D eigenvalue weighted by molar-refractivity contribution is 5.98. The lowest BCUT2D eigenvalue weighted by Crippen LogP contribution is -2.40. The molecule has 2 atom stereocenters. The Morgan fingerprint density at radius 1 is 1.12 bits per heavy atom. The highest BCUT2D eigenvalue weighted by Gasteiger charge is 2.40. The molecule has 1 heterocycles. The minimum atomic E-state index is -0.898. The number of carboxylic acid groups (broad SMARTS) is 1. The lowest BCUT2D eigenvalue weighted by Gasteiger charge is -2.25. The number of aliphatic carboxylic acids is 1. The van der Waals surface area contributed by atoms with E-state index in [0.29, 0.717) is 17.2 Å². The van der Waals surface area contributed by atoms with Gasteiger partial charge in [0.05, 0.1) is 13.5 Å². The molecule has 2 aromatic rings. The number of rotatable bonds is 6. The maximum absolute atomic E-state index is 12.8. The molecule has 2 aromatic carbocycles. The van der Waals surface area contributed by atoms with Crippen LogP contribution in [0, 0.1) is 0 Å². The number of benzene rings is 2. The molecule has 136 valence electrons. The van der Waals surface area contributed by atoms with Gasteiger partial charge in [0.25, 0.3) is 5.91 Å². The van der Waals surface area contributed by atoms with E-state index < -0.39 is 5.97 Å². The van der Waals surface area contributed by atoms with Crippen molar-refractivity contribution >= 4 is 17.6 Å². The van der Waals surface area contributed by atoms with Gasteiger partial charge in [-0.25, -0.2) is 0 Å². The number of carboxylic acids is 1. The molecule has 6 nitrogen and oxygen atoms in total. The zero-order valence-corrected chi connectivity index (χ0v) is 14.7. The highest BCUT2D eigenvalue weighted by atomic mass is 16.5. The highest BCUT2D eigenvalue weighted by Crippen LogP contribution is 2.44. The number of fused-ring (bicyclic) bond motifs is 1. The fourth-order valence-electron chi connectivity index (χ4n) is 3.40. The minimum Gasteiger partial charge on any atom is -0.497 e. The molecule has 2 unspecified atom stereocenters. The van der Waals surface area contributed by atoms with Crippen LogP contribution < -0.4 is 14.4 Å². The molecule has 0 aliphatic carbocycles. The van der Waals surface area contributed by atoms with Crippen molar-refractivity contribution < 1.29 is 24.2 Å². The lowest BCUT2D eigenvalue weighted by atomic mass is 9.92. The summed E-state index contributed by atoms with van der Waals surface area (Å²) in [5.41, 5.74) is 1.53. The fourth-order valence-corrected chi connectivity index (χ4v) is 3.40. The summed E-state index contributed by atoms with van der Waals surface area (Å²) in [6.45, 7) is 1.75. The number of methoxy groups -OCH3 is 1. The van der Waals surface area contributed by atoms with Crippen molar-refractivity contribution in [2.75, 3.05) is 18.6 Å². The molecule has 26 heavy (non-hydrogen) atoms. The van der Waals surface area contributed by atoms with E-state index >= 15 is 0 Å². The Bertz CT molecular complexity index is 805. The van der Waals surface area contributed by atoms with E-state index in [-0.39, 0.29) is 30.9 Å². The SMILES string of the molecule is COc1ccc2c(c1)C(CC(=O)O)C(C)N2C(=O)COc1ccccc1. The van der Waals surface area contributed by atoms with Crippen LogP contribution in [0.5, 0.6) is 11.5 Å². The van der Waals surface area contributed by atoms with Gasteiger partial charge in [-0.1, -0.05) is 18.2 Å². The van der Waals surface area contributed by atoms with Crippen molar-refractivity contribution in [2.45, 2.75) is 25.3 Å². The Morgan fingerprint density at radius 3 is 2.50 bits per heavy atom. The van der Waals surface area contributed by atoms with Gasteiger partial charge in [-0.15, -0.1) is 0 Å². The van der Waals surface area contributed by atoms with Gasteiger partial charge in [0, 0.05) is 17.6 Å². The molecule has 3 rings (SSSR count). The molecule has 0 aromatic heterocycles. The zero-order valence-electron chi connectivity index (χ0n) is 14.7. The third-order valence-electron chi connectivity index (χ3n) is 4.65. The van der Waals surface area contributed by atoms with E-state index in [1.807, 2.05) is 31.2 Å². The van der Waals surface area contributed by atoms with Gasteiger partial charge >= 0.3 is 5.97 Å². The number of hydrogen-bond donors (Lipinski definition) is 1. The summed E-state index contributed by atoms with van der Waals surface area (Å²) in [6, 6.07) is 14.2. The van der Waals surface area contributed by atoms with Crippen LogP contribution in [0.1, 0.15) is 24.8 Å². The van der Waals surface area contributed by atoms with Gasteiger partial charge < -0.3 is 19.5 Å². The minimum absolute atomic E-state index is 0.0509. The second kappa shape index (κ2) is 7.47. The first-order valence-corrected chi connectivity index (χ1v) is 8.41. The maximum atomic E-state index is 12.8. The predicted molar refractivity (Wildman–Crippen MR) is 96.9 cm³/mol. The molecule has 1 N–H and O–H groups in total. The van der Waals surface area contributed by atoms with Gasteiger partial charge in [-0.05, 0) is 42.8 Å². The first-order valence-electron chi connectivity index (χ1n) is 8.41. The number of hydrogen-bond acceptors (Lipinski definition) is 4. The van der Waals surface area contributed by atoms with Gasteiger partial charge in [-0.3, -0.25) is 9.59 Å². The smallest absolute Gasteiger partial charge is 0.304 e. The number of carbonyl (C=O) groups excluding carboxylic acids is 1. The molecule has 1 aliphatic rings. The Hall–Kier alpha value is -3.02. The Morgan fingerprint density at radius 2 is 1.85 bits per heavy atom. The number of para-hydroxylation sites is 1. The molecule has 6 heteroatoms. The van der Waals surface area contributed by atoms with Crippen molar-refractivity contribution in [1.29, 1.82) is 0 Å². The van der Waals surface area contributed by atoms with Crippen molar-refractivity contribution in [3.63, 3.8) is 0 Å². The van der Waals surface area contributed by atoms with Crippen molar-refractivity contribution in [3.8, 4) is 11.5 Å². The molecule has 0 saturated heterocycles. The topological polar surface area (TPSA) is 76.1 Å². The van der Waals surface area contributed by atoms with E-state index in [9.17, 15) is 14.7 Å². The fraction of sp³-hybridized carbons (Fsp3) is 0.300. The van der Waals surface area contributed by atoms with Gasteiger partial charge in [-0.2, -0.15) is 0 Å². The normalized spacial score (nSPS) is 18.3. The van der Waals surface area contributed by atoms with Crippen LogP contribution in [-0.2, 0) is 9.59 Å². The molecule has 0 saturated carbocycles. The molecular formula is C20H21NO5. The summed E-state index contributed by atoms with van der Waals surface area (Å²) in [4.78, 5) is 25.7. The van der Waals surface area contributed by atoms with Crippen LogP contribution in [0.15, 0.2) is 48.5 Å². The van der Waals surface area contributed by atoms with E-state index in [1.54, 1.807) is 36.3 Å². The van der Waals surface area contributed by atoms with E-state index in [2.05, 4.69) is 0 Å². The third-order valence-corrected chi connectivity index (χ3v) is 4.65. The summed E-state index contributed by atoms with van der Waals surface area (Å²) in [6.07, 6.45) is -0.0509. The summed E-state index contributed by atoms with van der Waals surface area (Å²) in [7, 11) is 1.56. The van der Waals surface area contributed by atoms with Crippen molar-refractivity contribution in [1.82, 2.24) is 0 Å². The second-order valence-electron chi connectivity index (χ2n) is 6.24. The molecular weight excluding hydrogens is 334 g/mol. The molecule has 0 radical (unpaired) electrons. The summed E-state index contributed by atoms with van der Waals surface area (Å²) in [5, 5.41) is 9.26. The van der Waals surface area contributed by atoms with E-state index in [1.165, 1.54) is 0 Å². The summed E-state index contributed by atoms with van der Waals surface area (Å²) in [5.74, 6) is -0.143. The Labute approximate surface area is 152 Å². The van der Waals surface area contributed by atoms with Crippen LogP contribution >= 0.6 is 0 Å². The number of anilines is 1. The molecule has 1 amide bonds. The molecule has 1 aliphatic heterocycles. The number of carbonyl (C=O) groups is 2. The maximum Gasteiger partial charge on any atom is 0.304 e. The standard InChI is InChI=1S/C20H21NO5/c1-13-16(11-20(23)24)17-10-15(25-2)8-9-18(17)21(13)19(22)12-26-14-6-4-3-5-7-14/h3-10,13,16H,11-12H2,1-2H3,(H,23,24). The van der Waals surface area contributed by atoms with Crippen LogP contribution in [0.2, 0.25) is 0 Å². The van der Waals surface area contributed by atoms with Crippen LogP contribution in [0.4, 0.5) is 5.69 Å². The summed E-state index contributed by atoms with van der Waals surface area (Å²) < 4.78 is 10.8. The first-order chi connectivity index (χ1) is 12.5. The zero-order chi connectivity index (χ0) is 18.7. The van der Waals surface area contributed by atoms with Crippen molar-refractivity contribution in [2.24, 2.45) is 0 Å². The largest absolute Gasteiger partial charge is 0.497 e. The van der Waals surface area contributed by atoms with Crippen LogP contribution in [-0.4, -0.2) is 36.7 Å². The monoisotopic (exact) mass is 355 g/mol. The van der Waals surface area contributed by atoms with Gasteiger partial charge in [0.2, 0.25) is 0 Å². The quantitative estimate of drug-likeness (QED) is 0.862. The molecule has 0 fully saturated rings. The molecule has 0 spiro atoms. The van der Waals surface area contributed by atoms with E-state index in [4.69, 9.17) is 9.47 Å².